The van der Waals surface area contributed by atoms with Gasteiger partial charge in [0.25, 0.3) is 0 Å². The molecule has 1 fully saturated rings. The van der Waals surface area contributed by atoms with Crippen molar-refractivity contribution in [3.8, 4) is 0 Å². The highest BCUT2D eigenvalue weighted by molar-refractivity contribution is 7.89. The summed E-state index contributed by atoms with van der Waals surface area (Å²) in [5.74, 6) is 0.317. The van der Waals surface area contributed by atoms with Crippen LogP contribution in [-0.4, -0.2) is 45.4 Å². The molecule has 1 amide bonds. The van der Waals surface area contributed by atoms with Crippen LogP contribution in [-0.2, 0) is 14.8 Å². The van der Waals surface area contributed by atoms with Gasteiger partial charge in [-0.1, -0.05) is 32.9 Å². The molecule has 1 aromatic rings. The van der Waals surface area contributed by atoms with Crippen LogP contribution >= 0.6 is 0 Å². The summed E-state index contributed by atoms with van der Waals surface area (Å²) in [5, 5.41) is 0. The highest BCUT2D eigenvalue weighted by Crippen LogP contribution is 2.28. The van der Waals surface area contributed by atoms with Gasteiger partial charge in [-0.25, -0.2) is 13.1 Å². The predicted octanol–water partition coefficient (Wildman–Crippen LogP) is 1.68. The first-order chi connectivity index (χ1) is 11.7. The fourth-order valence-electron chi connectivity index (χ4n) is 2.97. The number of nitrogens with zero attached hydrogens (tertiary/aromatic N) is 1. The third-order valence-electron chi connectivity index (χ3n) is 4.89. The first-order valence-electron chi connectivity index (χ1n) is 8.74. The van der Waals surface area contributed by atoms with E-state index in [0.717, 1.165) is 12.0 Å². The molecule has 1 aliphatic heterocycles. The first-order valence-corrected chi connectivity index (χ1v) is 10.2. The number of rotatable bonds is 7. The van der Waals surface area contributed by atoms with Gasteiger partial charge in [0, 0.05) is 26.1 Å². The number of nitrogens with two attached hydrogens (primary N) is 1. The van der Waals surface area contributed by atoms with Crippen LogP contribution in [0.15, 0.2) is 29.2 Å². The van der Waals surface area contributed by atoms with E-state index in [0.29, 0.717) is 25.6 Å². The van der Waals surface area contributed by atoms with E-state index in [4.69, 9.17) is 5.73 Å². The van der Waals surface area contributed by atoms with Crippen LogP contribution in [0.5, 0.6) is 0 Å². The summed E-state index contributed by atoms with van der Waals surface area (Å²) in [5.41, 5.74) is 6.82. The zero-order valence-electron chi connectivity index (χ0n) is 15.3. The molecule has 2 rings (SSSR count). The topological polar surface area (TPSA) is 92.5 Å². The second-order valence-electron chi connectivity index (χ2n) is 7.45. The van der Waals surface area contributed by atoms with E-state index in [-0.39, 0.29) is 29.2 Å². The van der Waals surface area contributed by atoms with Crippen LogP contribution in [0.1, 0.15) is 45.1 Å². The number of hydrogen-bond donors (Lipinski definition) is 2. The standard InChI is InChI=1S/C18H29N3O3S/c1-14(2)15-4-6-16(7-5-15)25(23,24)20-10-8-17(22)21-11-9-18(3,12-19)13-21/h4-7,14,20H,8-13,19H2,1-3H3. The number of likely N-dealkylation sites (tertiary alicyclic amines) is 1. The maximum absolute atomic E-state index is 12.3. The lowest BCUT2D eigenvalue weighted by Crippen LogP contribution is -2.36. The van der Waals surface area contributed by atoms with E-state index in [9.17, 15) is 13.2 Å². The normalized spacial score (nSPS) is 21.1. The zero-order valence-corrected chi connectivity index (χ0v) is 16.1. The second kappa shape index (κ2) is 7.85. The fraction of sp³-hybridized carbons (Fsp3) is 0.611. The molecule has 1 heterocycles. The maximum Gasteiger partial charge on any atom is 0.240 e. The molecule has 1 atom stereocenters. The molecule has 25 heavy (non-hydrogen) atoms. The quantitative estimate of drug-likeness (QED) is 0.767. The van der Waals surface area contributed by atoms with Crippen molar-refractivity contribution >= 4 is 15.9 Å². The SMILES string of the molecule is CC(C)c1ccc(S(=O)(=O)NCCC(=O)N2CCC(C)(CN)C2)cc1. The van der Waals surface area contributed by atoms with Crippen molar-refractivity contribution < 1.29 is 13.2 Å². The van der Waals surface area contributed by atoms with E-state index >= 15 is 0 Å². The summed E-state index contributed by atoms with van der Waals surface area (Å²) in [6.45, 7) is 8.17. The number of nitrogens with one attached hydrogen (secondary N) is 1. The van der Waals surface area contributed by atoms with E-state index in [1.165, 1.54) is 0 Å². The minimum absolute atomic E-state index is 0.0205. The monoisotopic (exact) mass is 367 g/mol. The van der Waals surface area contributed by atoms with Gasteiger partial charge < -0.3 is 10.6 Å². The van der Waals surface area contributed by atoms with Gasteiger partial charge in [0.05, 0.1) is 4.90 Å². The van der Waals surface area contributed by atoms with E-state index in [1.54, 1.807) is 17.0 Å². The zero-order chi connectivity index (χ0) is 18.7. The molecule has 0 radical (unpaired) electrons. The number of hydrogen-bond acceptors (Lipinski definition) is 4. The molecule has 0 aromatic heterocycles. The highest BCUT2D eigenvalue weighted by atomic mass is 32.2. The third kappa shape index (κ3) is 5.03. The maximum atomic E-state index is 12.3. The fourth-order valence-corrected chi connectivity index (χ4v) is 4.00. The van der Waals surface area contributed by atoms with Gasteiger partial charge in [0.15, 0.2) is 0 Å². The molecule has 1 saturated heterocycles. The van der Waals surface area contributed by atoms with E-state index < -0.39 is 10.0 Å². The smallest absolute Gasteiger partial charge is 0.240 e. The highest BCUT2D eigenvalue weighted by Gasteiger charge is 2.34. The number of benzene rings is 1. The Morgan fingerprint density at radius 3 is 2.48 bits per heavy atom. The molecule has 0 spiro atoms. The molecule has 0 aliphatic carbocycles. The summed E-state index contributed by atoms with van der Waals surface area (Å²) in [7, 11) is -3.59. The van der Waals surface area contributed by atoms with Crippen molar-refractivity contribution in [2.45, 2.75) is 44.4 Å². The predicted molar refractivity (Wildman–Crippen MR) is 98.7 cm³/mol. The molecule has 0 bridgehead atoms. The van der Waals surface area contributed by atoms with Gasteiger partial charge in [-0.3, -0.25) is 4.79 Å². The van der Waals surface area contributed by atoms with Crippen LogP contribution in [0.4, 0.5) is 0 Å². The van der Waals surface area contributed by atoms with Crippen molar-refractivity contribution in [1.29, 1.82) is 0 Å². The van der Waals surface area contributed by atoms with E-state index in [1.807, 2.05) is 12.1 Å². The van der Waals surface area contributed by atoms with Gasteiger partial charge in [-0.15, -0.1) is 0 Å². The van der Waals surface area contributed by atoms with Crippen LogP contribution < -0.4 is 10.5 Å². The lowest BCUT2D eigenvalue weighted by Gasteiger charge is -2.22. The van der Waals surface area contributed by atoms with Crippen molar-refractivity contribution in [3.05, 3.63) is 29.8 Å². The van der Waals surface area contributed by atoms with Gasteiger partial charge in [0.1, 0.15) is 0 Å². The number of carbonyl (C=O) groups is 1. The Balaban J connectivity index is 1.87. The Morgan fingerprint density at radius 1 is 1.32 bits per heavy atom. The molecule has 1 aromatic carbocycles. The molecule has 3 N–H and O–H groups in total. The Labute approximate surface area is 150 Å². The first kappa shape index (κ1) is 19.9. The van der Waals surface area contributed by atoms with E-state index in [2.05, 4.69) is 25.5 Å². The van der Waals surface area contributed by atoms with Gasteiger partial charge in [0.2, 0.25) is 15.9 Å². The summed E-state index contributed by atoms with van der Waals surface area (Å²) in [6, 6.07) is 6.85. The van der Waals surface area contributed by atoms with Gasteiger partial charge >= 0.3 is 0 Å². The second-order valence-corrected chi connectivity index (χ2v) is 9.22. The molecular formula is C18H29N3O3S. The number of amides is 1. The summed E-state index contributed by atoms with van der Waals surface area (Å²) >= 11 is 0. The van der Waals surface area contributed by atoms with Crippen molar-refractivity contribution in [2.75, 3.05) is 26.2 Å². The largest absolute Gasteiger partial charge is 0.342 e. The molecule has 140 valence electrons. The average Bonchev–Trinajstić information content (AvgIpc) is 2.98. The minimum Gasteiger partial charge on any atom is -0.342 e. The van der Waals surface area contributed by atoms with Crippen LogP contribution in [0.2, 0.25) is 0 Å². The van der Waals surface area contributed by atoms with Crippen molar-refractivity contribution in [1.82, 2.24) is 9.62 Å². The molecule has 1 unspecified atom stereocenters. The Kier molecular flexibility index (Phi) is 6.24. The molecular weight excluding hydrogens is 338 g/mol. The molecule has 0 saturated carbocycles. The lowest BCUT2D eigenvalue weighted by atomic mass is 9.90. The third-order valence-corrected chi connectivity index (χ3v) is 6.37. The van der Waals surface area contributed by atoms with Crippen molar-refractivity contribution in [2.24, 2.45) is 11.1 Å². The Morgan fingerprint density at radius 2 is 1.96 bits per heavy atom. The minimum atomic E-state index is -3.59. The molecule has 7 heteroatoms. The van der Waals surface area contributed by atoms with Crippen LogP contribution in [0, 0.1) is 5.41 Å². The molecule has 1 aliphatic rings. The Bertz CT molecular complexity index is 701. The molecule has 6 nitrogen and oxygen atoms in total. The summed E-state index contributed by atoms with van der Waals surface area (Å²) < 4.78 is 27.1. The number of sulfonamides is 1. The summed E-state index contributed by atoms with van der Waals surface area (Å²) in [6.07, 6.45) is 1.05. The van der Waals surface area contributed by atoms with Crippen molar-refractivity contribution in [3.63, 3.8) is 0 Å². The summed E-state index contributed by atoms with van der Waals surface area (Å²) in [4.78, 5) is 14.2. The lowest BCUT2D eigenvalue weighted by molar-refractivity contribution is -0.130. The average molecular weight is 368 g/mol. The van der Waals surface area contributed by atoms with Crippen LogP contribution in [0.3, 0.4) is 0 Å². The van der Waals surface area contributed by atoms with Crippen LogP contribution in [0.25, 0.3) is 0 Å². The number of carbonyl (C=O) groups excluding carboxylic acids is 1. The van der Waals surface area contributed by atoms with Gasteiger partial charge in [-0.2, -0.15) is 0 Å². The van der Waals surface area contributed by atoms with Gasteiger partial charge in [-0.05, 0) is 42.0 Å². The Hall–Kier alpha value is -1.44.